The summed E-state index contributed by atoms with van der Waals surface area (Å²) in [5.41, 5.74) is 9.84. The van der Waals surface area contributed by atoms with Crippen LogP contribution < -0.4 is 11.5 Å². The molecule has 1 atom stereocenters. The predicted octanol–water partition coefficient (Wildman–Crippen LogP) is -2.27. The zero-order chi connectivity index (χ0) is 12.7. The first-order valence-electron chi connectivity index (χ1n) is 4.02. The van der Waals surface area contributed by atoms with E-state index in [0.717, 1.165) is 0 Å². The van der Waals surface area contributed by atoms with Gasteiger partial charge in [0.1, 0.15) is 6.54 Å². The van der Waals surface area contributed by atoms with Gasteiger partial charge < -0.3 is 26.4 Å². The van der Waals surface area contributed by atoms with Gasteiger partial charge in [-0.15, -0.1) is 0 Å². The number of esters is 1. The Balaban J connectivity index is 4.29. The Labute approximate surface area is 89.7 Å². The number of hydrogen-bond donors (Lipinski definition) is 4. The van der Waals surface area contributed by atoms with Crippen LogP contribution in [0.4, 0.5) is 0 Å². The Morgan fingerprint density at radius 3 is 2.19 bits per heavy atom. The Morgan fingerprint density at radius 1 is 1.25 bits per heavy atom. The van der Waals surface area contributed by atoms with Crippen LogP contribution in [0.15, 0.2) is 4.99 Å². The van der Waals surface area contributed by atoms with Crippen molar-refractivity contribution in [3.63, 3.8) is 0 Å². The Bertz CT molecular complexity index is 322. The molecule has 0 spiro atoms. The summed E-state index contributed by atoms with van der Waals surface area (Å²) in [4.78, 5) is 34.9. The van der Waals surface area contributed by atoms with Gasteiger partial charge in [-0.05, 0) is 0 Å². The molecular formula is C7H11N3O6. The molecule has 0 aliphatic heterocycles. The standard InChI is InChI=1S/C7H11N3O6/c8-7(9)10-2-5(13)16-3(6(14)15)1-4(11)12/h3H,1-2H2,(H,11,12)(H,14,15)(H4,8,9,10). The fraction of sp³-hybridized carbons (Fsp3) is 0.429. The molecule has 16 heavy (non-hydrogen) atoms. The largest absolute Gasteiger partial charge is 0.481 e. The van der Waals surface area contributed by atoms with Crippen molar-refractivity contribution >= 4 is 23.9 Å². The van der Waals surface area contributed by atoms with Gasteiger partial charge in [-0.3, -0.25) is 9.59 Å². The van der Waals surface area contributed by atoms with Crippen LogP contribution in [-0.2, 0) is 19.1 Å². The third kappa shape index (κ3) is 6.18. The first kappa shape index (κ1) is 13.7. The molecule has 0 saturated heterocycles. The second-order valence-corrected chi connectivity index (χ2v) is 2.66. The van der Waals surface area contributed by atoms with Crippen LogP contribution in [0.25, 0.3) is 0 Å². The fourth-order valence-electron chi connectivity index (χ4n) is 0.690. The normalized spacial score (nSPS) is 11.2. The SMILES string of the molecule is NC(N)=NCC(=O)OC(CC(=O)O)C(=O)O. The van der Waals surface area contributed by atoms with E-state index in [0.29, 0.717) is 0 Å². The first-order valence-corrected chi connectivity index (χ1v) is 4.02. The summed E-state index contributed by atoms with van der Waals surface area (Å²) in [5, 5.41) is 16.9. The summed E-state index contributed by atoms with van der Waals surface area (Å²) in [7, 11) is 0. The zero-order valence-electron chi connectivity index (χ0n) is 8.12. The summed E-state index contributed by atoms with van der Waals surface area (Å²) < 4.78 is 4.34. The topological polar surface area (TPSA) is 165 Å². The van der Waals surface area contributed by atoms with Gasteiger partial charge in [0.05, 0.1) is 6.42 Å². The number of carbonyl (C=O) groups is 3. The molecule has 0 aromatic rings. The van der Waals surface area contributed by atoms with Gasteiger partial charge >= 0.3 is 17.9 Å². The minimum absolute atomic E-state index is 0.359. The lowest BCUT2D eigenvalue weighted by Crippen LogP contribution is -2.31. The van der Waals surface area contributed by atoms with Crippen LogP contribution in [0.1, 0.15) is 6.42 Å². The van der Waals surface area contributed by atoms with E-state index in [2.05, 4.69) is 9.73 Å². The van der Waals surface area contributed by atoms with Crippen LogP contribution in [0.5, 0.6) is 0 Å². The molecule has 0 aliphatic carbocycles. The summed E-state index contributed by atoms with van der Waals surface area (Å²) in [5.74, 6) is -4.34. The molecule has 1 unspecified atom stereocenters. The average molecular weight is 233 g/mol. The molecule has 0 bridgehead atoms. The van der Waals surface area contributed by atoms with Crippen LogP contribution >= 0.6 is 0 Å². The van der Waals surface area contributed by atoms with E-state index in [1.807, 2.05) is 0 Å². The van der Waals surface area contributed by atoms with Crippen LogP contribution in [0.3, 0.4) is 0 Å². The third-order valence-electron chi connectivity index (χ3n) is 1.30. The first-order chi connectivity index (χ1) is 7.32. The van der Waals surface area contributed by atoms with Gasteiger partial charge in [0, 0.05) is 0 Å². The second kappa shape index (κ2) is 6.22. The van der Waals surface area contributed by atoms with Crippen LogP contribution in [0, 0.1) is 0 Å². The number of ether oxygens (including phenoxy) is 1. The number of carboxylic acids is 2. The van der Waals surface area contributed by atoms with Crippen molar-refractivity contribution in [3.05, 3.63) is 0 Å². The Kier molecular flexibility index (Phi) is 5.32. The van der Waals surface area contributed by atoms with Crippen molar-refractivity contribution in [1.29, 1.82) is 0 Å². The smallest absolute Gasteiger partial charge is 0.345 e. The van der Waals surface area contributed by atoms with E-state index in [9.17, 15) is 14.4 Å². The maximum Gasteiger partial charge on any atom is 0.345 e. The molecule has 0 aliphatic rings. The van der Waals surface area contributed by atoms with E-state index in [1.165, 1.54) is 0 Å². The molecule has 0 radical (unpaired) electrons. The number of rotatable bonds is 6. The molecule has 90 valence electrons. The van der Waals surface area contributed by atoms with Gasteiger partial charge in [0.2, 0.25) is 6.10 Å². The van der Waals surface area contributed by atoms with Gasteiger partial charge in [0.25, 0.3) is 0 Å². The molecule has 0 heterocycles. The lowest BCUT2D eigenvalue weighted by Gasteiger charge is -2.10. The molecule has 6 N–H and O–H groups in total. The molecule has 0 amide bonds. The highest BCUT2D eigenvalue weighted by molar-refractivity contribution is 5.84. The Morgan fingerprint density at radius 2 is 1.81 bits per heavy atom. The molecule has 0 saturated carbocycles. The number of carboxylic acid groups (broad SMARTS) is 2. The van der Waals surface area contributed by atoms with Gasteiger partial charge in [-0.1, -0.05) is 0 Å². The number of aliphatic carboxylic acids is 2. The lowest BCUT2D eigenvalue weighted by molar-refractivity contribution is -0.166. The molecule has 0 fully saturated rings. The average Bonchev–Trinajstić information content (AvgIpc) is 2.12. The number of nitrogens with two attached hydrogens (primary N) is 2. The highest BCUT2D eigenvalue weighted by Gasteiger charge is 2.24. The van der Waals surface area contributed by atoms with Gasteiger partial charge in [-0.25, -0.2) is 9.79 Å². The number of hydrogen-bond acceptors (Lipinski definition) is 5. The third-order valence-corrected chi connectivity index (χ3v) is 1.30. The van der Waals surface area contributed by atoms with Crippen molar-refractivity contribution < 1.29 is 29.3 Å². The molecule has 0 aromatic heterocycles. The number of carbonyl (C=O) groups excluding carboxylic acids is 1. The fourth-order valence-corrected chi connectivity index (χ4v) is 0.690. The minimum atomic E-state index is -1.75. The predicted molar refractivity (Wildman–Crippen MR) is 50.4 cm³/mol. The highest BCUT2D eigenvalue weighted by atomic mass is 16.6. The van der Waals surface area contributed by atoms with E-state index in [-0.39, 0.29) is 5.96 Å². The summed E-state index contributed by atoms with van der Waals surface area (Å²) in [6, 6.07) is 0. The Hall–Kier alpha value is -2.32. The minimum Gasteiger partial charge on any atom is -0.481 e. The van der Waals surface area contributed by atoms with Crippen molar-refractivity contribution in [1.82, 2.24) is 0 Å². The summed E-state index contributed by atoms with van der Waals surface area (Å²) in [6.45, 7) is -0.564. The summed E-state index contributed by atoms with van der Waals surface area (Å²) in [6.07, 6.45) is -2.58. The van der Waals surface area contributed by atoms with E-state index >= 15 is 0 Å². The van der Waals surface area contributed by atoms with Crippen LogP contribution in [0.2, 0.25) is 0 Å². The number of guanidine groups is 1. The van der Waals surface area contributed by atoms with Crippen LogP contribution in [-0.4, -0.2) is 46.7 Å². The van der Waals surface area contributed by atoms with E-state index in [4.69, 9.17) is 21.7 Å². The quantitative estimate of drug-likeness (QED) is 0.226. The maximum absolute atomic E-state index is 10.9. The zero-order valence-corrected chi connectivity index (χ0v) is 8.12. The van der Waals surface area contributed by atoms with Crippen molar-refractivity contribution in [2.24, 2.45) is 16.5 Å². The van der Waals surface area contributed by atoms with E-state index < -0.39 is 37.0 Å². The second-order valence-electron chi connectivity index (χ2n) is 2.66. The maximum atomic E-state index is 10.9. The molecule has 9 nitrogen and oxygen atoms in total. The van der Waals surface area contributed by atoms with E-state index in [1.54, 1.807) is 0 Å². The van der Waals surface area contributed by atoms with Gasteiger partial charge in [0.15, 0.2) is 5.96 Å². The van der Waals surface area contributed by atoms with Crippen molar-refractivity contribution in [3.8, 4) is 0 Å². The molecule has 0 rings (SSSR count). The highest BCUT2D eigenvalue weighted by Crippen LogP contribution is 2.00. The molecular weight excluding hydrogens is 222 g/mol. The molecule has 0 aromatic carbocycles. The lowest BCUT2D eigenvalue weighted by atomic mass is 10.2. The number of nitrogens with zero attached hydrogens (tertiary/aromatic N) is 1. The van der Waals surface area contributed by atoms with Crippen molar-refractivity contribution in [2.75, 3.05) is 6.54 Å². The van der Waals surface area contributed by atoms with Gasteiger partial charge in [-0.2, -0.15) is 0 Å². The molecule has 9 heteroatoms. The number of aliphatic imine (C=N–C) groups is 1. The monoisotopic (exact) mass is 233 g/mol. The van der Waals surface area contributed by atoms with Crippen molar-refractivity contribution in [2.45, 2.75) is 12.5 Å². The summed E-state index contributed by atoms with van der Waals surface area (Å²) >= 11 is 0.